The van der Waals surface area contributed by atoms with Gasteiger partial charge in [-0.15, -0.1) is 0 Å². The van der Waals surface area contributed by atoms with Crippen molar-refractivity contribution in [2.45, 2.75) is 12.8 Å². The van der Waals surface area contributed by atoms with Crippen LogP contribution in [-0.2, 0) is 4.79 Å². The number of carbonyl (C=O) groups is 1. The largest absolute Gasteiger partial charge is 0.326 e. The molecule has 0 bridgehead atoms. The maximum Gasteiger partial charge on any atom is 0.227 e. The first-order valence-electron chi connectivity index (χ1n) is 6.51. The molecule has 4 heteroatoms. The number of rotatable bonds is 2. The Labute approximate surface area is 106 Å². The number of fused-ring (bicyclic) bond motifs is 1. The Morgan fingerprint density at radius 1 is 1.33 bits per heavy atom. The van der Waals surface area contributed by atoms with Crippen LogP contribution in [0, 0.1) is 23.6 Å². The predicted molar refractivity (Wildman–Crippen MR) is 67.6 cm³/mol. The average molecular weight is 248 g/mol. The summed E-state index contributed by atoms with van der Waals surface area (Å²) < 4.78 is 13.0. The van der Waals surface area contributed by atoms with E-state index in [2.05, 4.69) is 10.6 Å². The standard InChI is InChI=1S/C14H17FN2O/c15-10-2-1-3-11(6-10)17-14(18)12-5-4-9-7-16-8-13(9)12/h1-3,6,9,12-13,16H,4-5,7-8H2,(H,17,18)/t9-,12+,13-/m1/s1. The zero-order valence-corrected chi connectivity index (χ0v) is 10.2. The Bertz CT molecular complexity index is 463. The number of carbonyl (C=O) groups excluding carboxylic acids is 1. The molecule has 1 aromatic rings. The van der Waals surface area contributed by atoms with Crippen molar-refractivity contribution >= 4 is 11.6 Å². The predicted octanol–water partition coefficient (Wildman–Crippen LogP) is 2.01. The number of hydrogen-bond donors (Lipinski definition) is 2. The lowest BCUT2D eigenvalue weighted by molar-refractivity contribution is -0.120. The second-order valence-corrected chi connectivity index (χ2v) is 5.27. The molecule has 3 atom stereocenters. The molecule has 3 nitrogen and oxygen atoms in total. The Kier molecular flexibility index (Phi) is 3.04. The molecule has 1 aliphatic carbocycles. The quantitative estimate of drug-likeness (QED) is 0.840. The fourth-order valence-electron chi connectivity index (χ4n) is 3.27. The smallest absolute Gasteiger partial charge is 0.227 e. The fraction of sp³-hybridized carbons (Fsp3) is 0.500. The summed E-state index contributed by atoms with van der Waals surface area (Å²) in [6.45, 7) is 1.97. The third-order valence-electron chi connectivity index (χ3n) is 4.19. The highest BCUT2D eigenvalue weighted by Gasteiger charge is 2.42. The van der Waals surface area contributed by atoms with E-state index in [4.69, 9.17) is 0 Å². The fourth-order valence-corrected chi connectivity index (χ4v) is 3.27. The van der Waals surface area contributed by atoms with Gasteiger partial charge in [0, 0.05) is 11.6 Å². The molecule has 1 amide bonds. The number of amides is 1. The van der Waals surface area contributed by atoms with Crippen molar-refractivity contribution in [1.82, 2.24) is 5.32 Å². The molecule has 1 saturated heterocycles. The van der Waals surface area contributed by atoms with Gasteiger partial charge in [-0.3, -0.25) is 4.79 Å². The van der Waals surface area contributed by atoms with Crippen molar-refractivity contribution in [2.75, 3.05) is 18.4 Å². The Hall–Kier alpha value is -1.42. The SMILES string of the molecule is O=C(Nc1cccc(F)c1)[C@H]1CC[C@@H]2CNC[C@H]21. The molecule has 0 unspecified atom stereocenters. The van der Waals surface area contributed by atoms with E-state index < -0.39 is 0 Å². The Morgan fingerprint density at radius 2 is 2.22 bits per heavy atom. The number of benzene rings is 1. The van der Waals surface area contributed by atoms with Crippen LogP contribution in [0.15, 0.2) is 24.3 Å². The first kappa shape index (κ1) is 11.7. The highest BCUT2D eigenvalue weighted by molar-refractivity contribution is 5.93. The van der Waals surface area contributed by atoms with Crippen LogP contribution in [0.3, 0.4) is 0 Å². The molecule has 2 aliphatic rings. The van der Waals surface area contributed by atoms with Gasteiger partial charge in [0.1, 0.15) is 5.82 Å². The van der Waals surface area contributed by atoms with Gasteiger partial charge in [-0.2, -0.15) is 0 Å². The number of nitrogens with one attached hydrogen (secondary N) is 2. The molecule has 1 saturated carbocycles. The van der Waals surface area contributed by atoms with Gasteiger partial charge in [0.25, 0.3) is 0 Å². The molecule has 0 spiro atoms. The van der Waals surface area contributed by atoms with E-state index in [-0.39, 0.29) is 17.6 Å². The second-order valence-electron chi connectivity index (χ2n) is 5.27. The summed E-state index contributed by atoms with van der Waals surface area (Å²) in [6, 6.07) is 6.07. The van der Waals surface area contributed by atoms with Crippen molar-refractivity contribution in [2.24, 2.45) is 17.8 Å². The van der Waals surface area contributed by atoms with Gasteiger partial charge in [-0.1, -0.05) is 6.07 Å². The van der Waals surface area contributed by atoms with E-state index in [1.165, 1.54) is 12.1 Å². The Morgan fingerprint density at radius 3 is 3.06 bits per heavy atom. The van der Waals surface area contributed by atoms with Crippen LogP contribution in [0.1, 0.15) is 12.8 Å². The van der Waals surface area contributed by atoms with E-state index in [9.17, 15) is 9.18 Å². The summed E-state index contributed by atoms with van der Waals surface area (Å²) in [7, 11) is 0. The van der Waals surface area contributed by atoms with Crippen molar-refractivity contribution in [3.05, 3.63) is 30.1 Å². The summed E-state index contributed by atoms with van der Waals surface area (Å²) in [4.78, 5) is 12.2. The molecule has 1 heterocycles. The van der Waals surface area contributed by atoms with Gasteiger partial charge in [0.15, 0.2) is 0 Å². The normalized spacial score (nSPS) is 30.2. The highest BCUT2D eigenvalue weighted by Crippen LogP contribution is 2.39. The summed E-state index contributed by atoms with van der Waals surface area (Å²) >= 11 is 0. The maximum absolute atomic E-state index is 13.0. The zero-order valence-electron chi connectivity index (χ0n) is 10.2. The minimum Gasteiger partial charge on any atom is -0.326 e. The van der Waals surface area contributed by atoms with Gasteiger partial charge in [-0.05, 0) is 56.0 Å². The molecular formula is C14H17FN2O. The van der Waals surface area contributed by atoms with Crippen LogP contribution in [0.2, 0.25) is 0 Å². The summed E-state index contributed by atoms with van der Waals surface area (Å²) in [5, 5.41) is 6.17. The molecule has 0 aromatic heterocycles. The van der Waals surface area contributed by atoms with E-state index in [1.54, 1.807) is 12.1 Å². The maximum atomic E-state index is 13.0. The second kappa shape index (κ2) is 4.69. The van der Waals surface area contributed by atoms with Crippen LogP contribution in [-0.4, -0.2) is 19.0 Å². The summed E-state index contributed by atoms with van der Waals surface area (Å²) in [5.74, 6) is 0.900. The van der Waals surface area contributed by atoms with E-state index >= 15 is 0 Å². The molecule has 2 fully saturated rings. The van der Waals surface area contributed by atoms with Gasteiger partial charge in [-0.25, -0.2) is 4.39 Å². The Balaban J connectivity index is 1.68. The van der Waals surface area contributed by atoms with Crippen molar-refractivity contribution < 1.29 is 9.18 Å². The van der Waals surface area contributed by atoms with E-state index in [0.717, 1.165) is 25.9 Å². The van der Waals surface area contributed by atoms with Crippen LogP contribution < -0.4 is 10.6 Å². The molecular weight excluding hydrogens is 231 g/mol. The molecule has 1 aliphatic heterocycles. The average Bonchev–Trinajstić information content (AvgIpc) is 2.89. The minimum atomic E-state index is -0.320. The van der Waals surface area contributed by atoms with Crippen LogP contribution in [0.5, 0.6) is 0 Å². The lowest BCUT2D eigenvalue weighted by atomic mass is 9.92. The van der Waals surface area contributed by atoms with E-state index in [0.29, 0.717) is 17.5 Å². The third-order valence-corrected chi connectivity index (χ3v) is 4.19. The van der Waals surface area contributed by atoms with Gasteiger partial charge >= 0.3 is 0 Å². The molecule has 1 aromatic carbocycles. The third kappa shape index (κ3) is 2.12. The van der Waals surface area contributed by atoms with Crippen molar-refractivity contribution in [3.8, 4) is 0 Å². The minimum absolute atomic E-state index is 0.0387. The lowest BCUT2D eigenvalue weighted by Gasteiger charge is -2.17. The molecule has 0 radical (unpaired) electrons. The van der Waals surface area contributed by atoms with E-state index in [1.807, 2.05) is 0 Å². The molecule has 2 N–H and O–H groups in total. The van der Waals surface area contributed by atoms with Gasteiger partial charge in [0.05, 0.1) is 0 Å². The zero-order chi connectivity index (χ0) is 12.5. The molecule has 18 heavy (non-hydrogen) atoms. The highest BCUT2D eigenvalue weighted by atomic mass is 19.1. The van der Waals surface area contributed by atoms with Crippen LogP contribution >= 0.6 is 0 Å². The number of anilines is 1. The molecule has 96 valence electrons. The first-order valence-corrected chi connectivity index (χ1v) is 6.51. The number of halogens is 1. The van der Waals surface area contributed by atoms with Gasteiger partial charge < -0.3 is 10.6 Å². The first-order chi connectivity index (χ1) is 8.74. The summed E-state index contributed by atoms with van der Waals surface area (Å²) in [5.41, 5.74) is 0.550. The number of hydrogen-bond acceptors (Lipinski definition) is 2. The van der Waals surface area contributed by atoms with Crippen molar-refractivity contribution in [1.29, 1.82) is 0 Å². The lowest BCUT2D eigenvalue weighted by Crippen LogP contribution is -2.28. The summed E-state index contributed by atoms with van der Waals surface area (Å²) in [6.07, 6.45) is 2.08. The molecule has 3 rings (SSSR count). The van der Waals surface area contributed by atoms with Crippen LogP contribution in [0.4, 0.5) is 10.1 Å². The monoisotopic (exact) mass is 248 g/mol. The topological polar surface area (TPSA) is 41.1 Å². The van der Waals surface area contributed by atoms with Gasteiger partial charge in [0.2, 0.25) is 5.91 Å². The van der Waals surface area contributed by atoms with Crippen LogP contribution in [0.25, 0.3) is 0 Å². The van der Waals surface area contributed by atoms with Crippen molar-refractivity contribution in [3.63, 3.8) is 0 Å².